The van der Waals surface area contributed by atoms with Gasteiger partial charge in [0.15, 0.2) is 0 Å². The van der Waals surface area contributed by atoms with Crippen LogP contribution in [0.3, 0.4) is 0 Å². The Bertz CT molecular complexity index is 1150. The molecule has 3 rings (SSSR count). The van der Waals surface area contributed by atoms with Crippen molar-refractivity contribution in [3.63, 3.8) is 0 Å². The van der Waals surface area contributed by atoms with E-state index in [4.69, 9.17) is 0 Å². The molecule has 1 heterocycles. The number of nitro groups is 1. The first kappa shape index (κ1) is 23.2. The lowest BCUT2D eigenvalue weighted by atomic mass is 10.1. The highest BCUT2D eigenvalue weighted by atomic mass is 32.2. The first-order valence-electron chi connectivity index (χ1n) is 9.58. The van der Waals surface area contributed by atoms with E-state index in [9.17, 15) is 33.2 Å². The number of carbonyl (C=O) groups is 2. The van der Waals surface area contributed by atoms with Crippen molar-refractivity contribution in [1.82, 2.24) is 10.2 Å². The van der Waals surface area contributed by atoms with E-state index in [2.05, 4.69) is 5.32 Å². The van der Waals surface area contributed by atoms with Crippen LogP contribution in [0.5, 0.6) is 0 Å². The molecule has 170 valence electrons. The summed E-state index contributed by atoms with van der Waals surface area (Å²) in [5, 5.41) is 24.3. The fraction of sp³-hybridized carbons (Fsp3) is 0.300. The number of aliphatic hydroxyl groups excluding tert-OH is 1. The lowest BCUT2D eigenvalue weighted by Gasteiger charge is -2.28. The van der Waals surface area contributed by atoms with Gasteiger partial charge in [0.05, 0.1) is 34.7 Å². The summed E-state index contributed by atoms with van der Waals surface area (Å²) in [6.45, 7) is 2.02. The van der Waals surface area contributed by atoms with E-state index in [0.29, 0.717) is 0 Å². The Balaban J connectivity index is 1.95. The quantitative estimate of drug-likeness (QED) is 0.343. The maximum absolute atomic E-state index is 13.3. The van der Waals surface area contributed by atoms with Gasteiger partial charge in [0.25, 0.3) is 21.6 Å². The summed E-state index contributed by atoms with van der Waals surface area (Å²) in [6.07, 6.45) is -1.46. The van der Waals surface area contributed by atoms with Crippen LogP contribution in [0.4, 0.5) is 16.2 Å². The third-order valence-electron chi connectivity index (χ3n) is 4.87. The van der Waals surface area contributed by atoms with Crippen LogP contribution in [0.25, 0.3) is 0 Å². The Kier molecular flexibility index (Phi) is 6.19. The monoisotopic (exact) mass is 462 g/mol. The predicted octanol–water partition coefficient (Wildman–Crippen LogP) is 1.48. The van der Waals surface area contributed by atoms with E-state index in [0.717, 1.165) is 15.3 Å². The number of sulfonamides is 1. The minimum Gasteiger partial charge on any atom is -0.389 e. The summed E-state index contributed by atoms with van der Waals surface area (Å²) in [5.74, 6) is -0.561. The molecule has 3 amide bonds. The molecule has 11 nitrogen and oxygen atoms in total. The highest BCUT2D eigenvalue weighted by molar-refractivity contribution is 7.92. The molecule has 0 saturated carbocycles. The number of nitrogens with one attached hydrogen (secondary N) is 1. The first-order valence-corrected chi connectivity index (χ1v) is 11.0. The topological polar surface area (TPSA) is 150 Å². The highest BCUT2D eigenvalue weighted by Gasteiger charge is 2.45. The van der Waals surface area contributed by atoms with Gasteiger partial charge < -0.3 is 10.4 Å². The van der Waals surface area contributed by atoms with Crippen LogP contribution in [-0.4, -0.2) is 60.0 Å². The molecular formula is C20H22N4O7S. The van der Waals surface area contributed by atoms with Crippen molar-refractivity contribution < 1.29 is 28.0 Å². The number of aliphatic hydroxyl groups is 1. The smallest absolute Gasteiger partial charge is 0.325 e. The first-order chi connectivity index (χ1) is 14.9. The number of anilines is 1. The second-order valence-corrected chi connectivity index (χ2v) is 9.61. The molecule has 0 radical (unpaired) electrons. The van der Waals surface area contributed by atoms with Gasteiger partial charge in [-0.2, -0.15) is 0 Å². The zero-order valence-corrected chi connectivity index (χ0v) is 18.2. The lowest BCUT2D eigenvalue weighted by molar-refractivity contribution is -0.384. The minimum atomic E-state index is -4.23. The number of hydrogen-bond donors (Lipinski definition) is 2. The average Bonchev–Trinajstić information content (AvgIpc) is 2.94. The van der Waals surface area contributed by atoms with E-state index in [1.54, 1.807) is 6.07 Å². The van der Waals surface area contributed by atoms with Gasteiger partial charge in [-0.05, 0) is 32.0 Å². The molecule has 1 aliphatic rings. The summed E-state index contributed by atoms with van der Waals surface area (Å²) < 4.78 is 27.4. The van der Waals surface area contributed by atoms with Gasteiger partial charge in [0.1, 0.15) is 5.54 Å². The summed E-state index contributed by atoms with van der Waals surface area (Å²) in [4.78, 5) is 35.7. The molecule has 1 aliphatic heterocycles. The zero-order valence-electron chi connectivity index (χ0n) is 17.3. The molecule has 12 heteroatoms. The van der Waals surface area contributed by atoms with E-state index >= 15 is 0 Å². The van der Waals surface area contributed by atoms with Gasteiger partial charge in [-0.25, -0.2) is 13.2 Å². The Labute approximate surface area is 184 Å². The van der Waals surface area contributed by atoms with Crippen molar-refractivity contribution in [2.75, 3.05) is 17.4 Å². The van der Waals surface area contributed by atoms with Crippen molar-refractivity contribution >= 4 is 33.3 Å². The van der Waals surface area contributed by atoms with Gasteiger partial charge in [-0.15, -0.1) is 0 Å². The standard InChI is InChI=1S/C20H22N4O7S/c1-20(2)18(26)22(19(27)21-20)12-16(25)13-23(14-7-6-8-15(11-14)24(28)29)32(30,31)17-9-4-3-5-10-17/h3-11,16,25H,12-13H2,1-2H3,(H,21,27)/t16-/m1/s1. The van der Waals surface area contributed by atoms with Crippen LogP contribution in [0, 0.1) is 10.1 Å². The zero-order chi connectivity index (χ0) is 23.7. The SMILES string of the molecule is CC1(C)NC(=O)N(C[C@@H](O)CN(c2cccc([N+](=O)[O-])c2)S(=O)(=O)c2ccccc2)C1=O. The largest absolute Gasteiger partial charge is 0.389 e. The molecule has 2 aromatic rings. The molecule has 1 atom stereocenters. The van der Waals surface area contributed by atoms with Gasteiger partial charge in [0.2, 0.25) is 0 Å². The number of non-ortho nitro benzene ring substituents is 1. The number of rotatable bonds is 8. The number of nitro benzene ring substituents is 1. The molecular weight excluding hydrogens is 440 g/mol. The van der Waals surface area contributed by atoms with Crippen LogP contribution in [0.1, 0.15) is 13.8 Å². The van der Waals surface area contributed by atoms with Crippen molar-refractivity contribution in [2.45, 2.75) is 30.4 Å². The highest BCUT2D eigenvalue weighted by Crippen LogP contribution is 2.27. The van der Waals surface area contributed by atoms with Crippen LogP contribution < -0.4 is 9.62 Å². The van der Waals surface area contributed by atoms with Crippen molar-refractivity contribution in [3.8, 4) is 0 Å². The average molecular weight is 462 g/mol. The molecule has 0 aliphatic carbocycles. The van der Waals surface area contributed by atoms with Crippen LogP contribution in [0.2, 0.25) is 0 Å². The molecule has 1 saturated heterocycles. The predicted molar refractivity (Wildman–Crippen MR) is 114 cm³/mol. The second kappa shape index (κ2) is 8.55. The molecule has 1 fully saturated rings. The van der Waals surface area contributed by atoms with E-state index in [1.807, 2.05) is 0 Å². The third kappa shape index (κ3) is 4.55. The van der Waals surface area contributed by atoms with Crippen molar-refractivity contribution in [1.29, 1.82) is 0 Å². The van der Waals surface area contributed by atoms with Gasteiger partial charge in [-0.3, -0.25) is 24.1 Å². The molecule has 0 aromatic heterocycles. The fourth-order valence-electron chi connectivity index (χ4n) is 3.27. The summed E-state index contributed by atoms with van der Waals surface area (Å²) in [7, 11) is -4.23. The summed E-state index contributed by atoms with van der Waals surface area (Å²) in [5.41, 5.74) is -1.52. The van der Waals surface area contributed by atoms with E-state index in [-0.39, 0.29) is 16.3 Å². The number of amides is 3. The van der Waals surface area contributed by atoms with Crippen molar-refractivity contribution in [3.05, 3.63) is 64.7 Å². The molecule has 2 aromatic carbocycles. The Morgan fingerprint density at radius 2 is 1.81 bits per heavy atom. The maximum atomic E-state index is 13.3. The minimum absolute atomic E-state index is 0.0420. The maximum Gasteiger partial charge on any atom is 0.325 e. The van der Waals surface area contributed by atoms with Crippen LogP contribution >= 0.6 is 0 Å². The van der Waals surface area contributed by atoms with Crippen LogP contribution in [0.15, 0.2) is 59.5 Å². The number of carbonyl (C=O) groups excluding carboxylic acids is 2. The number of imide groups is 1. The second-order valence-electron chi connectivity index (χ2n) is 7.75. The molecule has 0 unspecified atom stereocenters. The molecule has 32 heavy (non-hydrogen) atoms. The van der Waals surface area contributed by atoms with E-state index in [1.165, 1.54) is 56.3 Å². The number of hydrogen-bond acceptors (Lipinski definition) is 7. The molecule has 0 bridgehead atoms. The molecule has 2 N–H and O–H groups in total. The summed E-state index contributed by atoms with van der Waals surface area (Å²) in [6, 6.07) is 11.6. The van der Waals surface area contributed by atoms with Crippen molar-refractivity contribution in [2.24, 2.45) is 0 Å². The van der Waals surface area contributed by atoms with Gasteiger partial charge in [-0.1, -0.05) is 24.3 Å². The van der Waals surface area contributed by atoms with Gasteiger partial charge >= 0.3 is 6.03 Å². The van der Waals surface area contributed by atoms with E-state index < -0.39 is 51.6 Å². The van der Waals surface area contributed by atoms with Gasteiger partial charge in [0, 0.05) is 12.1 Å². The lowest BCUT2D eigenvalue weighted by Crippen LogP contribution is -2.45. The molecule has 0 spiro atoms. The Hall–Kier alpha value is -3.51. The summed E-state index contributed by atoms with van der Waals surface area (Å²) >= 11 is 0. The number of β-amino-alcohol motifs (C(OH)–C–C–N with tert-alkyl or cyclic N) is 1. The Morgan fingerprint density at radius 1 is 1.16 bits per heavy atom. The van der Waals surface area contributed by atoms with Crippen LogP contribution in [-0.2, 0) is 14.8 Å². The normalized spacial score (nSPS) is 16.5. The Morgan fingerprint density at radius 3 is 2.38 bits per heavy atom. The third-order valence-corrected chi connectivity index (χ3v) is 6.68. The number of nitrogens with zero attached hydrogens (tertiary/aromatic N) is 3. The number of urea groups is 1. The number of benzene rings is 2. The fourth-order valence-corrected chi connectivity index (χ4v) is 4.78.